The minimum Gasteiger partial charge on any atom is -0.375 e. The van der Waals surface area contributed by atoms with Gasteiger partial charge in [0, 0.05) is 19.4 Å². The second-order valence-electron chi connectivity index (χ2n) is 5.94. The average molecular weight is 317 g/mol. The normalized spacial score (nSPS) is 28.1. The monoisotopic (exact) mass is 317 g/mol. The number of hydrogen-bond donors (Lipinski definition) is 0. The Labute approximate surface area is 132 Å². The molecule has 1 fully saturated rings. The molecule has 1 aliphatic rings. The summed E-state index contributed by atoms with van der Waals surface area (Å²) in [6, 6.07) is 0.567. The molecule has 1 rings (SSSR count). The fraction of sp³-hybridized carbons (Fsp3) is 0.933. The van der Waals surface area contributed by atoms with Crippen molar-refractivity contribution in [2.45, 2.75) is 65.8 Å². The van der Waals surface area contributed by atoms with Gasteiger partial charge in [-0.05, 0) is 34.6 Å². The number of hydrogen-bond acceptors (Lipinski definition) is 4. The third-order valence-electron chi connectivity index (χ3n) is 3.36. The van der Waals surface area contributed by atoms with Crippen molar-refractivity contribution in [3.8, 4) is 0 Å². The second-order valence-corrected chi connectivity index (χ2v) is 7.35. The molecule has 0 N–H and O–H groups in total. The van der Waals surface area contributed by atoms with Crippen LogP contribution in [0.15, 0.2) is 0 Å². The highest BCUT2D eigenvalue weighted by Gasteiger charge is 2.38. The predicted octanol–water partition coefficient (Wildman–Crippen LogP) is 3.71. The summed E-state index contributed by atoms with van der Waals surface area (Å²) in [5.74, 6) is 0.256. The Morgan fingerprint density at radius 3 is 2.62 bits per heavy atom. The minimum absolute atomic E-state index is 0.114. The van der Waals surface area contributed by atoms with Gasteiger partial charge in [0.2, 0.25) is 6.54 Å². The first-order valence-electron chi connectivity index (χ1n) is 8.25. The summed E-state index contributed by atoms with van der Waals surface area (Å²) < 4.78 is 27.6. The molecule has 0 bridgehead atoms. The zero-order valence-electron chi connectivity index (χ0n) is 14.8. The lowest BCUT2D eigenvalue weighted by Crippen LogP contribution is -2.36. The molecule has 5 nitrogen and oxygen atoms in total. The van der Waals surface area contributed by atoms with Crippen LogP contribution in [0.2, 0.25) is 0 Å². The third kappa shape index (κ3) is 5.47. The summed E-state index contributed by atoms with van der Waals surface area (Å²) in [6.07, 6.45) is -0.304. The van der Waals surface area contributed by atoms with E-state index in [1.165, 1.54) is 0 Å². The van der Waals surface area contributed by atoms with Crippen LogP contribution in [-0.2, 0) is 13.8 Å². The van der Waals surface area contributed by atoms with Crippen LogP contribution in [0.4, 0.5) is 0 Å². The summed E-state index contributed by atoms with van der Waals surface area (Å²) in [6.45, 7) is 19.0. The van der Waals surface area contributed by atoms with Crippen LogP contribution in [0.1, 0.15) is 42.9 Å². The molecule has 0 aromatic heterocycles. The Balaban J connectivity index is 2.82. The van der Waals surface area contributed by atoms with Crippen LogP contribution in [0.3, 0.4) is 0 Å². The molecule has 0 aromatic carbocycles. The zero-order valence-corrected chi connectivity index (χ0v) is 14.7. The van der Waals surface area contributed by atoms with Crippen molar-refractivity contribution in [3.05, 3.63) is 11.4 Å². The molecule has 1 heterocycles. The van der Waals surface area contributed by atoms with E-state index < -0.39 is 8.53 Å². The highest BCUT2D eigenvalue weighted by molar-refractivity contribution is 7.44. The quantitative estimate of drug-likeness (QED) is 0.388. The molecule has 1 saturated heterocycles. The summed E-state index contributed by atoms with van der Waals surface area (Å²) >= 11 is 0. The van der Waals surface area contributed by atoms with Crippen molar-refractivity contribution in [2.75, 3.05) is 19.8 Å². The topological polar surface area (TPSA) is 35.3 Å². The van der Waals surface area contributed by atoms with Gasteiger partial charge in [0.1, 0.15) is 6.61 Å². The van der Waals surface area contributed by atoms with E-state index in [-0.39, 0.29) is 37.1 Å². The maximum atomic E-state index is 7.62. The first-order chi connectivity index (χ1) is 10.4. The molecule has 4 unspecified atom stereocenters. The lowest BCUT2D eigenvalue weighted by Gasteiger charge is -2.37. The molecule has 6 heteroatoms. The molecular formula is C15H29N2O3P. The highest BCUT2D eigenvalue weighted by Crippen LogP contribution is 2.49. The largest absolute Gasteiger partial charge is 0.375 e. The second kappa shape index (κ2) is 9.02. The number of rotatable bonds is 8. The Kier molecular flexibility index (Phi) is 7.36. The van der Waals surface area contributed by atoms with Crippen molar-refractivity contribution in [2.24, 2.45) is 5.92 Å². The highest BCUT2D eigenvalue weighted by atomic mass is 31.2. The number of ether oxygens (including phenoxy) is 1. The lowest BCUT2D eigenvalue weighted by molar-refractivity contribution is 0.0520. The smallest absolute Gasteiger partial charge is 0.259 e. The first-order valence-corrected chi connectivity index (χ1v) is 8.67. The van der Waals surface area contributed by atoms with Gasteiger partial charge in [0.05, 0.1) is 18.8 Å². The van der Waals surface area contributed by atoms with E-state index in [1.807, 2.05) is 0 Å². The number of nitrogens with zero attached hydrogens (tertiary/aromatic N) is 2. The maximum Gasteiger partial charge on any atom is 0.259 e. The minimum atomic E-state index is -1.26. The Morgan fingerprint density at radius 2 is 2.10 bits per heavy atom. The van der Waals surface area contributed by atoms with Gasteiger partial charge in [0.25, 0.3) is 8.53 Å². The molecule has 0 aromatic rings. The van der Waals surface area contributed by atoms with Crippen LogP contribution < -0.4 is 0 Å². The molecule has 1 aliphatic heterocycles. The van der Waals surface area contributed by atoms with E-state index in [0.717, 1.165) is 0 Å². The van der Waals surface area contributed by atoms with Crippen molar-refractivity contribution in [3.63, 3.8) is 0 Å². The van der Waals surface area contributed by atoms with Gasteiger partial charge in [-0.25, -0.2) is 11.2 Å². The van der Waals surface area contributed by atoms with Crippen LogP contribution in [0.25, 0.3) is 4.85 Å². The zero-order chi connectivity index (χ0) is 16.7. The Morgan fingerprint density at radius 1 is 1.43 bits per heavy atom. The molecular weight excluding hydrogens is 287 g/mol. The Hall–Kier alpha value is -0.240. The van der Waals surface area contributed by atoms with Crippen molar-refractivity contribution >= 4 is 8.53 Å². The van der Waals surface area contributed by atoms with E-state index in [0.29, 0.717) is 19.8 Å². The van der Waals surface area contributed by atoms with Gasteiger partial charge in [-0.2, -0.15) is 0 Å². The molecule has 21 heavy (non-hydrogen) atoms. The van der Waals surface area contributed by atoms with Gasteiger partial charge in [-0.3, -0.25) is 0 Å². The van der Waals surface area contributed by atoms with Crippen LogP contribution in [-0.4, -0.2) is 48.7 Å². The third-order valence-corrected chi connectivity index (χ3v) is 5.49. The summed E-state index contributed by atoms with van der Waals surface area (Å²) in [7, 11) is -1.26. The van der Waals surface area contributed by atoms with E-state index in [2.05, 4.69) is 44.1 Å². The van der Waals surface area contributed by atoms with Gasteiger partial charge in [-0.15, -0.1) is 0 Å². The molecule has 0 radical (unpaired) electrons. The van der Waals surface area contributed by atoms with E-state index in [9.17, 15) is 0 Å². The van der Waals surface area contributed by atoms with Crippen molar-refractivity contribution < 1.29 is 15.2 Å². The van der Waals surface area contributed by atoms with Crippen molar-refractivity contribution in [1.82, 2.24) is 4.67 Å². The first kappa shape index (κ1) is 17.1. The molecule has 0 amide bonds. The molecule has 0 spiro atoms. The fourth-order valence-corrected chi connectivity index (χ4v) is 4.24. The van der Waals surface area contributed by atoms with Gasteiger partial charge >= 0.3 is 0 Å². The lowest BCUT2D eigenvalue weighted by atomic mass is 10.1. The predicted molar refractivity (Wildman–Crippen MR) is 85.9 cm³/mol. The van der Waals surface area contributed by atoms with Crippen LogP contribution in [0.5, 0.6) is 0 Å². The van der Waals surface area contributed by atoms with Gasteiger partial charge in [0.15, 0.2) is 0 Å². The molecule has 0 saturated carbocycles. The summed E-state index contributed by atoms with van der Waals surface area (Å²) in [4.78, 5) is 3.34. The van der Waals surface area contributed by atoms with Crippen LogP contribution in [0, 0.1) is 12.5 Å². The van der Waals surface area contributed by atoms with E-state index in [4.69, 9.17) is 21.7 Å². The van der Waals surface area contributed by atoms with E-state index >= 15 is 0 Å². The van der Waals surface area contributed by atoms with Gasteiger partial charge in [-0.1, -0.05) is 6.92 Å². The Bertz CT molecular complexity index is 357. The molecule has 4 atom stereocenters. The molecule has 0 aliphatic carbocycles. The summed E-state index contributed by atoms with van der Waals surface area (Å²) in [5.41, 5.74) is 0. The van der Waals surface area contributed by atoms with E-state index in [1.54, 1.807) is 0 Å². The van der Waals surface area contributed by atoms with Crippen LogP contribution >= 0.6 is 8.53 Å². The summed E-state index contributed by atoms with van der Waals surface area (Å²) in [5, 5.41) is 0. The van der Waals surface area contributed by atoms with Crippen molar-refractivity contribution in [1.29, 1.82) is 0 Å². The standard InChI is InChI=1S/C15H29N2O3P/c1-11(2)17(12(3)4)21(19-9-8-16-7)20-15-13(5)10-18-14(15)6/h11-15H,8-10H2,1-6H3/i6D. The fourth-order valence-electron chi connectivity index (χ4n) is 2.40. The average Bonchev–Trinajstić information content (AvgIpc) is 2.79. The maximum absolute atomic E-state index is 7.62. The SMILES string of the molecule is [2H]CC1OCC(C)C1OP(OCC[N+]#[C-])N(C(C)C)C(C)C. The molecule has 122 valence electrons. The van der Waals surface area contributed by atoms with Gasteiger partial charge < -0.3 is 18.6 Å².